The number of thiocarbonyl (C=S) groups is 1. The molecule has 2 aliphatic rings. The number of halogens is 2. The van der Waals surface area contributed by atoms with Crippen molar-refractivity contribution in [1.82, 2.24) is 4.90 Å². The molecule has 0 spiro atoms. The minimum atomic E-state index is -0.446. The number of rotatable bonds is 2. The fourth-order valence-corrected chi connectivity index (χ4v) is 6.32. The molecule has 0 unspecified atom stereocenters. The average Bonchev–Trinajstić information content (AvgIpc) is 2.81. The molecule has 0 N–H and O–H groups in total. The summed E-state index contributed by atoms with van der Waals surface area (Å²) in [5.74, 6) is 0.809. The first-order valence-corrected chi connectivity index (χ1v) is 11.4. The fraction of sp³-hybridized carbons (Fsp3) is 0.500. The minimum Gasteiger partial charge on any atom is -0.357 e. The van der Waals surface area contributed by atoms with Gasteiger partial charge in [-0.25, -0.2) is 4.90 Å². The predicted octanol–water partition coefficient (Wildman–Crippen LogP) is 4.84. The van der Waals surface area contributed by atoms with Crippen molar-refractivity contribution in [2.45, 2.75) is 31.9 Å². The number of hydrogen-bond donors (Lipinski definition) is 0. The van der Waals surface area contributed by atoms with Gasteiger partial charge in [-0.15, -0.1) is 0 Å². The molecule has 8 heteroatoms. The summed E-state index contributed by atoms with van der Waals surface area (Å²) in [4.78, 5) is 28.8. The van der Waals surface area contributed by atoms with Gasteiger partial charge in [-0.3, -0.25) is 9.59 Å². The van der Waals surface area contributed by atoms with E-state index in [1.807, 2.05) is 12.1 Å². The fourth-order valence-electron chi connectivity index (χ4n) is 3.62. The third-order valence-electron chi connectivity index (χ3n) is 4.63. The molecule has 2 aliphatic heterocycles. The Kier molecular flexibility index (Phi) is 6.47. The summed E-state index contributed by atoms with van der Waals surface area (Å²) in [5.41, 5.74) is 0.581. The van der Waals surface area contributed by atoms with Crippen molar-refractivity contribution in [2.24, 2.45) is 11.8 Å². The summed E-state index contributed by atoms with van der Waals surface area (Å²) in [5, 5.41) is -0.446. The zero-order chi connectivity index (χ0) is 19.0. The van der Waals surface area contributed by atoms with Crippen LogP contribution in [-0.4, -0.2) is 39.4 Å². The topological polar surface area (TPSA) is 40.6 Å². The number of anilines is 1. The number of nitrogens with zero attached hydrogens (tertiary/aromatic N) is 2. The molecule has 4 nitrogen and oxygen atoms in total. The third-order valence-corrected chi connectivity index (χ3v) is 7.41. The van der Waals surface area contributed by atoms with E-state index >= 15 is 0 Å². The molecule has 3 atom stereocenters. The zero-order valence-corrected chi connectivity index (χ0v) is 19.4. The summed E-state index contributed by atoms with van der Waals surface area (Å²) in [7, 11) is 0. The normalized spacial score (nSPS) is 26.5. The van der Waals surface area contributed by atoms with Crippen LogP contribution in [0.15, 0.2) is 27.1 Å². The third kappa shape index (κ3) is 4.34. The second-order valence-electron chi connectivity index (χ2n) is 7.09. The Morgan fingerprint density at radius 1 is 1.19 bits per heavy atom. The van der Waals surface area contributed by atoms with Crippen LogP contribution in [0.4, 0.5) is 5.69 Å². The molecule has 3 rings (SSSR count). The van der Waals surface area contributed by atoms with E-state index in [1.54, 1.807) is 6.07 Å². The summed E-state index contributed by atoms with van der Waals surface area (Å²) in [6.45, 7) is 6.31. The van der Waals surface area contributed by atoms with E-state index in [-0.39, 0.29) is 18.2 Å². The van der Waals surface area contributed by atoms with Crippen LogP contribution in [-0.2, 0) is 9.59 Å². The molecule has 2 saturated heterocycles. The van der Waals surface area contributed by atoms with Gasteiger partial charge in [0.15, 0.2) is 0 Å². The SMILES string of the molecule is C[C@@H]1C[C@@H](C)CN(C(=S)S[C@H]2CC(=O)N(c3ccc(Br)cc3Br)C2=O)C1. The molecular formula is C18H20Br2N2O2S2. The van der Waals surface area contributed by atoms with Crippen LogP contribution in [0.2, 0.25) is 0 Å². The van der Waals surface area contributed by atoms with Crippen molar-refractivity contribution in [1.29, 1.82) is 0 Å². The van der Waals surface area contributed by atoms with Gasteiger partial charge in [0.1, 0.15) is 9.57 Å². The van der Waals surface area contributed by atoms with Gasteiger partial charge in [0.25, 0.3) is 0 Å². The van der Waals surface area contributed by atoms with E-state index in [0.717, 1.165) is 21.9 Å². The number of benzene rings is 1. The Morgan fingerprint density at radius 2 is 1.85 bits per heavy atom. The molecule has 2 fully saturated rings. The Balaban J connectivity index is 1.71. The van der Waals surface area contributed by atoms with Crippen LogP contribution in [0.5, 0.6) is 0 Å². The van der Waals surface area contributed by atoms with Crippen molar-refractivity contribution in [3.8, 4) is 0 Å². The molecule has 26 heavy (non-hydrogen) atoms. The second kappa shape index (κ2) is 8.29. The summed E-state index contributed by atoms with van der Waals surface area (Å²) < 4.78 is 2.32. The maximum atomic E-state index is 12.9. The molecule has 1 aromatic carbocycles. The summed E-state index contributed by atoms with van der Waals surface area (Å²) >= 11 is 13.8. The lowest BCUT2D eigenvalue weighted by Gasteiger charge is -2.36. The van der Waals surface area contributed by atoms with Gasteiger partial charge in [-0.1, -0.05) is 53.8 Å². The quantitative estimate of drug-likeness (QED) is 0.413. The first kappa shape index (κ1) is 20.3. The number of imide groups is 1. The average molecular weight is 520 g/mol. The van der Waals surface area contributed by atoms with Crippen molar-refractivity contribution in [3.63, 3.8) is 0 Å². The van der Waals surface area contributed by atoms with E-state index in [1.165, 1.54) is 23.1 Å². The molecular weight excluding hydrogens is 500 g/mol. The highest BCUT2D eigenvalue weighted by Gasteiger charge is 2.42. The minimum absolute atomic E-state index is 0.182. The Bertz CT molecular complexity index is 749. The van der Waals surface area contributed by atoms with Gasteiger partial charge in [0, 0.05) is 28.5 Å². The molecule has 140 valence electrons. The van der Waals surface area contributed by atoms with Crippen LogP contribution < -0.4 is 4.90 Å². The zero-order valence-electron chi connectivity index (χ0n) is 14.6. The van der Waals surface area contributed by atoms with Gasteiger partial charge in [0.2, 0.25) is 11.8 Å². The highest BCUT2D eigenvalue weighted by Crippen LogP contribution is 2.36. The summed E-state index contributed by atoms with van der Waals surface area (Å²) in [6.07, 6.45) is 1.39. The van der Waals surface area contributed by atoms with Gasteiger partial charge >= 0.3 is 0 Å². The molecule has 0 radical (unpaired) electrons. The molecule has 2 amide bonds. The standard InChI is InChI=1S/C18H20Br2N2O2S2/c1-10-5-11(2)9-21(8-10)18(25)26-15-7-16(23)22(17(15)24)14-4-3-12(19)6-13(14)20/h3-4,6,10-11,15H,5,7-9H2,1-2H3/t10-,11-,15+/m1/s1. The number of piperidine rings is 1. The highest BCUT2D eigenvalue weighted by molar-refractivity contribution is 9.11. The molecule has 0 bridgehead atoms. The number of carbonyl (C=O) groups excluding carboxylic acids is 2. The van der Waals surface area contributed by atoms with Crippen molar-refractivity contribution in [3.05, 3.63) is 27.1 Å². The molecule has 2 heterocycles. The maximum absolute atomic E-state index is 12.9. The van der Waals surface area contributed by atoms with Crippen LogP contribution in [0.3, 0.4) is 0 Å². The Hall–Kier alpha value is -0.440. The van der Waals surface area contributed by atoms with Crippen LogP contribution >= 0.6 is 55.8 Å². The molecule has 0 aromatic heterocycles. The Labute approximate surface area is 180 Å². The Morgan fingerprint density at radius 3 is 2.46 bits per heavy atom. The summed E-state index contributed by atoms with van der Waals surface area (Å²) in [6, 6.07) is 5.42. The molecule has 0 aliphatic carbocycles. The van der Waals surface area contributed by atoms with Gasteiger partial charge in [0.05, 0.1) is 5.69 Å². The van der Waals surface area contributed by atoms with Gasteiger partial charge in [-0.2, -0.15) is 0 Å². The molecule has 1 aromatic rings. The maximum Gasteiger partial charge on any atom is 0.247 e. The van der Waals surface area contributed by atoms with Gasteiger partial charge in [-0.05, 0) is 52.4 Å². The number of carbonyl (C=O) groups is 2. The number of amides is 2. The monoisotopic (exact) mass is 518 g/mol. The number of likely N-dealkylation sites (tertiary alicyclic amines) is 1. The van der Waals surface area contributed by atoms with Crippen LogP contribution in [0, 0.1) is 11.8 Å². The van der Waals surface area contributed by atoms with E-state index < -0.39 is 5.25 Å². The van der Waals surface area contributed by atoms with Crippen LogP contribution in [0.25, 0.3) is 0 Å². The first-order valence-electron chi connectivity index (χ1n) is 8.53. The largest absolute Gasteiger partial charge is 0.357 e. The highest BCUT2D eigenvalue weighted by atomic mass is 79.9. The smallest absolute Gasteiger partial charge is 0.247 e. The van der Waals surface area contributed by atoms with Crippen molar-refractivity contribution < 1.29 is 9.59 Å². The van der Waals surface area contributed by atoms with Gasteiger partial charge < -0.3 is 4.90 Å². The second-order valence-corrected chi connectivity index (χ2v) is 10.7. The number of hydrogen-bond acceptors (Lipinski definition) is 4. The first-order chi connectivity index (χ1) is 12.3. The van der Waals surface area contributed by atoms with E-state index in [0.29, 0.717) is 22.0 Å². The molecule has 0 saturated carbocycles. The predicted molar refractivity (Wildman–Crippen MR) is 117 cm³/mol. The van der Waals surface area contributed by atoms with E-state index in [4.69, 9.17) is 12.2 Å². The lowest BCUT2D eigenvalue weighted by molar-refractivity contribution is -0.121. The van der Waals surface area contributed by atoms with Crippen molar-refractivity contribution in [2.75, 3.05) is 18.0 Å². The van der Waals surface area contributed by atoms with Crippen LogP contribution in [0.1, 0.15) is 26.7 Å². The lowest BCUT2D eigenvalue weighted by atomic mass is 9.92. The van der Waals surface area contributed by atoms with E-state index in [9.17, 15) is 9.59 Å². The lowest BCUT2D eigenvalue weighted by Crippen LogP contribution is -2.41. The van der Waals surface area contributed by atoms with E-state index in [2.05, 4.69) is 50.6 Å². The number of thioether (sulfide) groups is 1. The van der Waals surface area contributed by atoms with Crippen molar-refractivity contribution >= 4 is 77.7 Å².